The average molecular weight is 772 g/mol. The number of nitrogen functional groups attached to an aromatic ring is 1. The van der Waals surface area contributed by atoms with Crippen molar-refractivity contribution in [2.45, 2.75) is 110 Å². The van der Waals surface area contributed by atoms with Crippen molar-refractivity contribution in [3.63, 3.8) is 0 Å². The molecule has 0 amide bonds. The van der Waals surface area contributed by atoms with Gasteiger partial charge in [-0.25, -0.2) is 4.98 Å². The molecule has 5 rings (SSSR count). The summed E-state index contributed by atoms with van der Waals surface area (Å²) in [7, 11) is 0. The molecular weight excluding hydrogens is 725 g/mol. The van der Waals surface area contributed by atoms with E-state index < -0.39 is 65.3 Å². The van der Waals surface area contributed by atoms with Crippen molar-refractivity contribution in [3.8, 4) is 23.8 Å². The summed E-state index contributed by atoms with van der Waals surface area (Å²) in [4.78, 5) is 62.9. The van der Waals surface area contributed by atoms with Crippen LogP contribution in [0.4, 0.5) is 10.2 Å². The lowest BCUT2D eigenvalue weighted by atomic mass is 9.78. The van der Waals surface area contributed by atoms with E-state index in [0.717, 1.165) is 16.7 Å². The van der Waals surface area contributed by atoms with Gasteiger partial charge in [0.15, 0.2) is 17.0 Å². The van der Waals surface area contributed by atoms with Crippen molar-refractivity contribution in [2.24, 2.45) is 0 Å². The monoisotopic (exact) mass is 771 g/mol. The molecule has 1 saturated heterocycles. The molecular formula is C41H46FN5O9. The number of ether oxygens (including phenoxy) is 5. The lowest BCUT2D eigenvalue weighted by molar-refractivity contribution is -0.168. The maximum absolute atomic E-state index is 14.3. The third-order valence-electron chi connectivity index (χ3n) is 9.65. The van der Waals surface area contributed by atoms with E-state index >= 15 is 0 Å². The van der Waals surface area contributed by atoms with Gasteiger partial charge in [-0.05, 0) is 49.6 Å². The van der Waals surface area contributed by atoms with Crippen molar-refractivity contribution >= 4 is 40.9 Å². The van der Waals surface area contributed by atoms with Gasteiger partial charge in [-0.2, -0.15) is 14.4 Å². The fourth-order valence-corrected chi connectivity index (χ4v) is 7.27. The summed E-state index contributed by atoms with van der Waals surface area (Å²) in [6, 6.07) is 9.00. The predicted octanol–water partition coefficient (Wildman–Crippen LogP) is 5.81. The average Bonchev–Trinajstić information content (AvgIpc) is 3.63. The molecule has 2 aromatic carbocycles. The molecule has 56 heavy (non-hydrogen) atoms. The molecule has 0 saturated carbocycles. The molecule has 296 valence electrons. The van der Waals surface area contributed by atoms with Crippen LogP contribution in [-0.2, 0) is 44.2 Å². The number of hydrogen-bond acceptors (Lipinski definition) is 13. The summed E-state index contributed by atoms with van der Waals surface area (Å²) in [5.74, 6) is 0.664. The summed E-state index contributed by atoms with van der Waals surface area (Å²) in [5.41, 5.74) is 6.21. The van der Waals surface area contributed by atoms with E-state index in [9.17, 15) is 23.6 Å². The van der Waals surface area contributed by atoms with Crippen LogP contribution in [0, 0.1) is 39.2 Å². The zero-order chi connectivity index (χ0) is 41.3. The molecule has 14 nitrogen and oxygen atoms in total. The second-order valence-electron chi connectivity index (χ2n) is 15.4. The predicted molar refractivity (Wildman–Crippen MR) is 202 cm³/mol. The van der Waals surface area contributed by atoms with Crippen LogP contribution in [0.5, 0.6) is 11.5 Å². The van der Waals surface area contributed by atoms with Crippen LogP contribution < -0.4 is 15.2 Å². The van der Waals surface area contributed by atoms with Crippen LogP contribution in [-0.4, -0.2) is 61.7 Å². The highest BCUT2D eigenvalue weighted by Gasteiger charge is 2.53. The molecule has 1 aliphatic rings. The van der Waals surface area contributed by atoms with Crippen molar-refractivity contribution in [1.82, 2.24) is 19.5 Å². The Bertz CT molecular complexity index is 2260. The first-order chi connectivity index (χ1) is 26.1. The lowest BCUT2D eigenvalue weighted by Crippen LogP contribution is -2.46. The first-order valence-electron chi connectivity index (χ1n) is 17.9. The number of benzene rings is 2. The normalized spacial score (nSPS) is 18.3. The minimum Gasteiger partial charge on any atom is -0.461 e. The first kappa shape index (κ1) is 41.3. The lowest BCUT2D eigenvalue weighted by Gasteiger charge is -2.32. The SMILES string of the molecule is C#C[C@]1(COC(=O)CC(C)(C)c2ccc(C)cc2OC(C)=O)O[C@@H](n2cnc3c(N)nc(F)nc32)C[C@@H]1OC(=O)CC(C)(C)c1c(C)cc(C)cc1OC(C)=O. The van der Waals surface area contributed by atoms with E-state index in [4.69, 9.17) is 35.8 Å². The molecule has 0 aliphatic carbocycles. The van der Waals surface area contributed by atoms with Gasteiger partial charge in [-0.3, -0.25) is 23.7 Å². The van der Waals surface area contributed by atoms with E-state index in [-0.39, 0.29) is 36.2 Å². The molecule has 0 unspecified atom stereocenters. The topological polar surface area (TPSA) is 184 Å². The van der Waals surface area contributed by atoms with Gasteiger partial charge >= 0.3 is 30.0 Å². The van der Waals surface area contributed by atoms with Gasteiger partial charge in [0.25, 0.3) is 0 Å². The summed E-state index contributed by atoms with van der Waals surface area (Å²) >= 11 is 0. The number of imidazole rings is 1. The number of anilines is 1. The molecule has 3 atom stereocenters. The number of carbonyl (C=O) groups excluding carboxylic acids is 4. The Morgan fingerprint density at radius 3 is 2.27 bits per heavy atom. The van der Waals surface area contributed by atoms with Crippen LogP contribution in [0.3, 0.4) is 0 Å². The largest absolute Gasteiger partial charge is 0.461 e. The smallest absolute Gasteiger partial charge is 0.312 e. The van der Waals surface area contributed by atoms with Gasteiger partial charge < -0.3 is 29.4 Å². The molecule has 2 N–H and O–H groups in total. The highest BCUT2D eigenvalue weighted by atomic mass is 19.1. The van der Waals surface area contributed by atoms with Gasteiger partial charge in [0.05, 0.1) is 19.2 Å². The Morgan fingerprint density at radius 1 is 0.964 bits per heavy atom. The fourth-order valence-electron chi connectivity index (χ4n) is 7.27. The van der Waals surface area contributed by atoms with Crippen LogP contribution in [0.2, 0.25) is 0 Å². The molecule has 15 heteroatoms. The second kappa shape index (κ2) is 15.7. The summed E-state index contributed by atoms with van der Waals surface area (Å²) in [5, 5.41) is 0. The maximum atomic E-state index is 14.3. The molecule has 3 heterocycles. The highest BCUT2D eigenvalue weighted by Crippen LogP contribution is 2.43. The van der Waals surface area contributed by atoms with Gasteiger partial charge in [-0.15, -0.1) is 6.42 Å². The van der Waals surface area contributed by atoms with Crippen molar-refractivity contribution in [1.29, 1.82) is 0 Å². The summed E-state index contributed by atoms with van der Waals surface area (Å²) in [6.07, 6.45) is 3.73. The van der Waals surface area contributed by atoms with Crippen molar-refractivity contribution in [2.75, 3.05) is 12.3 Å². The number of carbonyl (C=O) groups is 4. The van der Waals surface area contributed by atoms with E-state index in [1.54, 1.807) is 32.0 Å². The quantitative estimate of drug-likeness (QED) is 0.0789. The zero-order valence-electron chi connectivity index (χ0n) is 32.9. The van der Waals surface area contributed by atoms with Crippen LogP contribution in [0.1, 0.15) is 94.9 Å². The Hall–Kier alpha value is -5.88. The zero-order valence-corrected chi connectivity index (χ0v) is 32.9. The maximum Gasteiger partial charge on any atom is 0.312 e. The van der Waals surface area contributed by atoms with E-state index in [2.05, 4.69) is 20.9 Å². The third kappa shape index (κ3) is 8.81. The van der Waals surface area contributed by atoms with E-state index in [0.29, 0.717) is 22.6 Å². The number of aromatic nitrogens is 4. The summed E-state index contributed by atoms with van der Waals surface area (Å²) < 4.78 is 45.0. The summed E-state index contributed by atoms with van der Waals surface area (Å²) in [6.45, 7) is 14.9. The molecule has 2 aromatic heterocycles. The molecule has 4 aromatic rings. The molecule has 0 radical (unpaired) electrons. The number of hydrogen-bond donors (Lipinski definition) is 1. The van der Waals surface area contributed by atoms with Gasteiger partial charge in [-0.1, -0.05) is 51.8 Å². The number of esters is 4. The Kier molecular flexibility index (Phi) is 11.6. The number of terminal acetylenes is 1. The standard InChI is InChI=1S/C41H46FN5O9/c1-11-41(20-52-32(50)18-39(7,8)27-13-12-22(2)15-28(27)53-25(5)48)30(17-31(56-41)47-21-44-35-36(43)45-38(42)46-37(35)47)55-33(51)19-40(9,10)34-24(4)14-23(3)16-29(34)54-26(6)49/h1,12-16,21,30-31H,17-20H2,2-10H3,(H2,43,45,46)/t30-,31+,41+/m0/s1. The number of nitrogens with two attached hydrogens (primary N) is 1. The van der Waals surface area contributed by atoms with Crippen LogP contribution in [0.15, 0.2) is 36.7 Å². The Morgan fingerprint density at radius 2 is 1.61 bits per heavy atom. The molecule has 0 bridgehead atoms. The number of rotatable bonds is 12. The molecule has 0 spiro atoms. The van der Waals surface area contributed by atoms with Gasteiger partial charge in [0, 0.05) is 42.2 Å². The van der Waals surface area contributed by atoms with E-state index in [1.807, 2.05) is 46.8 Å². The Balaban J connectivity index is 1.43. The Labute approximate surface area is 324 Å². The minimum atomic E-state index is -1.83. The van der Waals surface area contributed by atoms with E-state index in [1.165, 1.54) is 24.7 Å². The minimum absolute atomic E-state index is 0.00676. The number of halogens is 1. The van der Waals surface area contributed by atoms with Gasteiger partial charge in [0.2, 0.25) is 5.60 Å². The van der Waals surface area contributed by atoms with Crippen molar-refractivity contribution < 1.29 is 47.3 Å². The fraction of sp³-hybridized carbons (Fsp3) is 0.439. The highest BCUT2D eigenvalue weighted by molar-refractivity contribution is 5.81. The van der Waals surface area contributed by atoms with Crippen LogP contribution in [0.25, 0.3) is 11.2 Å². The first-order valence-corrected chi connectivity index (χ1v) is 17.9. The number of aryl methyl sites for hydroxylation is 3. The van der Waals surface area contributed by atoms with Crippen LogP contribution >= 0.6 is 0 Å². The molecule has 1 fully saturated rings. The second-order valence-corrected chi connectivity index (χ2v) is 15.4. The third-order valence-corrected chi connectivity index (χ3v) is 9.65. The number of fused-ring (bicyclic) bond motifs is 1. The molecule has 1 aliphatic heterocycles. The number of nitrogens with zero attached hydrogens (tertiary/aromatic N) is 4. The van der Waals surface area contributed by atoms with Gasteiger partial charge in [0.1, 0.15) is 30.4 Å². The van der Waals surface area contributed by atoms with Crippen molar-refractivity contribution in [3.05, 3.63) is 70.6 Å².